The molecular weight excluding hydrogens is 172 g/mol. The number of benzene rings is 1. The van der Waals surface area contributed by atoms with Crippen molar-refractivity contribution in [3.8, 4) is 0 Å². The van der Waals surface area contributed by atoms with E-state index in [0.29, 0.717) is 0 Å². The quantitative estimate of drug-likeness (QED) is 0.744. The van der Waals surface area contributed by atoms with E-state index >= 15 is 0 Å². The van der Waals surface area contributed by atoms with Gasteiger partial charge < -0.3 is 11.1 Å². The fraction of sp³-hybridized carbons (Fsp3) is 0.500. The molecule has 0 saturated heterocycles. The third-order valence-electron chi connectivity index (χ3n) is 2.03. The van der Waals surface area contributed by atoms with Gasteiger partial charge in [0.1, 0.15) is 0 Å². The van der Waals surface area contributed by atoms with Gasteiger partial charge in [-0.1, -0.05) is 30.3 Å². The van der Waals surface area contributed by atoms with Gasteiger partial charge in [0, 0.05) is 20.0 Å². The van der Waals surface area contributed by atoms with E-state index in [9.17, 15) is 0 Å². The van der Waals surface area contributed by atoms with Crippen LogP contribution in [0.1, 0.15) is 20.8 Å². The van der Waals surface area contributed by atoms with Crippen LogP contribution in [0.5, 0.6) is 0 Å². The maximum Gasteiger partial charge on any atom is 0.0444 e. The normalized spacial score (nSPS) is 18.4. The van der Waals surface area contributed by atoms with Crippen LogP contribution in [-0.4, -0.2) is 18.6 Å². The third kappa shape index (κ3) is 4.40. The third-order valence-corrected chi connectivity index (χ3v) is 2.03. The molecule has 3 atom stereocenters. The lowest BCUT2D eigenvalue weighted by atomic mass is 10.1. The summed E-state index contributed by atoms with van der Waals surface area (Å²) >= 11 is 0. The molecule has 0 aliphatic rings. The van der Waals surface area contributed by atoms with Crippen molar-refractivity contribution in [1.82, 2.24) is 5.32 Å². The number of nitrogens with one attached hydrogen (secondary N) is 1. The topological polar surface area (TPSA) is 38.0 Å². The second kappa shape index (κ2) is 5.78. The first-order chi connectivity index (χ1) is 7.09. The Morgan fingerprint density at radius 1 is 1.36 bits per heavy atom. The largest absolute Gasteiger partial charge is 0.327 e. The summed E-state index contributed by atoms with van der Waals surface area (Å²) in [4.78, 5) is 0. The zero-order valence-corrected chi connectivity index (χ0v) is 8.90. The minimum absolute atomic E-state index is 0.136. The van der Waals surface area contributed by atoms with Crippen molar-refractivity contribution < 1.29 is 1.37 Å². The molecule has 0 fully saturated rings. The zero-order chi connectivity index (χ0) is 11.3. The van der Waals surface area contributed by atoms with Crippen LogP contribution < -0.4 is 11.1 Å². The maximum atomic E-state index is 7.69. The highest BCUT2D eigenvalue weighted by molar-refractivity contribution is 5.15. The van der Waals surface area contributed by atoms with Crippen molar-refractivity contribution in [1.29, 1.82) is 0 Å². The lowest BCUT2D eigenvalue weighted by Gasteiger charge is -2.15. The number of nitrogens with two attached hydrogens (primary N) is 1. The molecule has 1 rings (SSSR count). The summed E-state index contributed by atoms with van der Waals surface area (Å²) < 4.78 is 7.69. The second-order valence-electron chi connectivity index (χ2n) is 3.78. The molecule has 0 aliphatic carbocycles. The van der Waals surface area contributed by atoms with Crippen LogP contribution in [0.15, 0.2) is 30.3 Å². The van der Waals surface area contributed by atoms with Crippen LogP contribution in [0.25, 0.3) is 0 Å². The van der Waals surface area contributed by atoms with E-state index in [1.807, 2.05) is 25.1 Å². The first-order valence-corrected chi connectivity index (χ1v) is 5.07. The van der Waals surface area contributed by atoms with E-state index in [0.717, 1.165) is 6.42 Å². The summed E-state index contributed by atoms with van der Waals surface area (Å²) in [6.45, 7) is 3.54. The van der Waals surface area contributed by atoms with E-state index in [2.05, 4.69) is 24.4 Å². The Morgan fingerprint density at radius 3 is 2.57 bits per heavy atom. The molecule has 0 bridgehead atoms. The number of hydrogen-bond donors (Lipinski definition) is 2. The molecule has 0 saturated carbocycles. The van der Waals surface area contributed by atoms with Crippen LogP contribution in [0, 0.1) is 0 Å². The van der Waals surface area contributed by atoms with Crippen molar-refractivity contribution >= 4 is 0 Å². The predicted octanol–water partition coefficient (Wildman–Crippen LogP) is 1.55. The molecule has 0 amide bonds. The van der Waals surface area contributed by atoms with Crippen molar-refractivity contribution in [3.05, 3.63) is 35.9 Å². The van der Waals surface area contributed by atoms with Gasteiger partial charge in [-0.25, -0.2) is 0 Å². The summed E-state index contributed by atoms with van der Waals surface area (Å²) in [6, 6.07) is 10.4. The Hall–Kier alpha value is -0.860. The SMILES string of the molecule is [2H]C(NC(C)Cc1ccccc1)C(C)N. The van der Waals surface area contributed by atoms with Crippen LogP contribution in [-0.2, 0) is 6.42 Å². The molecule has 14 heavy (non-hydrogen) atoms. The van der Waals surface area contributed by atoms with Crippen molar-refractivity contribution in [3.63, 3.8) is 0 Å². The molecule has 0 spiro atoms. The Labute approximate surface area is 87.9 Å². The lowest BCUT2D eigenvalue weighted by Crippen LogP contribution is -2.37. The van der Waals surface area contributed by atoms with Gasteiger partial charge >= 0.3 is 0 Å². The Morgan fingerprint density at radius 2 is 2.00 bits per heavy atom. The van der Waals surface area contributed by atoms with Gasteiger partial charge in [0.25, 0.3) is 0 Å². The van der Waals surface area contributed by atoms with Gasteiger partial charge in [0.2, 0.25) is 0 Å². The van der Waals surface area contributed by atoms with Crippen LogP contribution in [0.2, 0.25) is 0 Å². The van der Waals surface area contributed by atoms with Gasteiger partial charge in [-0.05, 0) is 25.8 Å². The van der Waals surface area contributed by atoms with Crippen LogP contribution in [0.4, 0.5) is 0 Å². The summed E-state index contributed by atoms with van der Waals surface area (Å²) in [5, 5.41) is 3.17. The highest BCUT2D eigenvalue weighted by Crippen LogP contribution is 2.02. The van der Waals surface area contributed by atoms with Gasteiger partial charge in [0.05, 0.1) is 0 Å². The van der Waals surface area contributed by atoms with Gasteiger partial charge in [-0.15, -0.1) is 0 Å². The Kier molecular flexibility index (Phi) is 4.00. The summed E-state index contributed by atoms with van der Waals surface area (Å²) in [7, 11) is 0. The molecule has 78 valence electrons. The summed E-state index contributed by atoms with van der Waals surface area (Å²) in [5.41, 5.74) is 6.91. The molecule has 2 nitrogen and oxygen atoms in total. The highest BCUT2D eigenvalue weighted by atomic mass is 14.9. The first-order valence-electron chi connectivity index (χ1n) is 5.65. The van der Waals surface area contributed by atoms with Gasteiger partial charge in [-0.3, -0.25) is 0 Å². The molecule has 0 radical (unpaired) electrons. The highest BCUT2D eigenvalue weighted by Gasteiger charge is 2.03. The van der Waals surface area contributed by atoms with E-state index < -0.39 is 0 Å². The molecule has 3 N–H and O–H groups in total. The van der Waals surface area contributed by atoms with Crippen molar-refractivity contribution in [2.45, 2.75) is 32.4 Å². The molecule has 2 heteroatoms. The fourth-order valence-corrected chi connectivity index (χ4v) is 1.34. The number of rotatable bonds is 5. The lowest BCUT2D eigenvalue weighted by molar-refractivity contribution is 0.514. The molecule has 0 aromatic heterocycles. The molecule has 1 aromatic rings. The molecule has 0 heterocycles. The minimum atomic E-state index is -0.385. The van der Waals surface area contributed by atoms with Gasteiger partial charge in [-0.2, -0.15) is 0 Å². The first kappa shape index (κ1) is 9.69. The average Bonchev–Trinajstić information content (AvgIpc) is 2.18. The Bertz CT molecular complexity index is 274. The van der Waals surface area contributed by atoms with Gasteiger partial charge in [0.15, 0.2) is 0 Å². The van der Waals surface area contributed by atoms with Crippen LogP contribution in [0.3, 0.4) is 0 Å². The molecule has 1 aromatic carbocycles. The minimum Gasteiger partial charge on any atom is -0.327 e. The molecule has 0 aliphatic heterocycles. The van der Waals surface area contributed by atoms with E-state index in [4.69, 9.17) is 7.10 Å². The van der Waals surface area contributed by atoms with E-state index in [1.165, 1.54) is 5.56 Å². The Balaban J connectivity index is 2.39. The molecule has 3 unspecified atom stereocenters. The van der Waals surface area contributed by atoms with Crippen LogP contribution >= 0.6 is 0 Å². The summed E-state index contributed by atoms with van der Waals surface area (Å²) in [5.74, 6) is 0. The van der Waals surface area contributed by atoms with Crippen molar-refractivity contribution in [2.75, 3.05) is 6.52 Å². The zero-order valence-electron chi connectivity index (χ0n) is 9.90. The van der Waals surface area contributed by atoms with E-state index in [-0.39, 0.29) is 18.6 Å². The predicted molar refractivity (Wildman–Crippen MR) is 61.3 cm³/mol. The fourth-order valence-electron chi connectivity index (χ4n) is 1.34. The standard InChI is InChI=1S/C12H20N2/c1-10(13)9-14-11(2)8-12-6-4-3-5-7-12/h3-7,10-11,14H,8-9,13H2,1-2H3/i9D. The number of hydrogen-bond acceptors (Lipinski definition) is 2. The summed E-state index contributed by atoms with van der Waals surface area (Å²) in [6.07, 6.45) is 0.933. The molecular formula is C12H20N2. The monoisotopic (exact) mass is 193 g/mol. The average molecular weight is 193 g/mol. The smallest absolute Gasteiger partial charge is 0.0444 e. The second-order valence-corrected chi connectivity index (χ2v) is 3.78. The van der Waals surface area contributed by atoms with Crippen molar-refractivity contribution in [2.24, 2.45) is 5.73 Å². The van der Waals surface area contributed by atoms with E-state index in [1.54, 1.807) is 0 Å². The maximum absolute atomic E-state index is 7.69.